The van der Waals surface area contributed by atoms with Gasteiger partial charge in [0, 0.05) is 41.9 Å². The second-order valence-corrected chi connectivity index (χ2v) is 12.5. The Morgan fingerprint density at radius 1 is 0.455 bits per heavy atom. The van der Waals surface area contributed by atoms with Crippen LogP contribution in [0, 0.1) is 0 Å². The fraction of sp³-hybridized carbons (Fsp3) is 0. The molecule has 0 spiro atoms. The molecule has 0 fully saturated rings. The molecule has 4 heteroatoms. The predicted octanol–water partition coefficient (Wildman–Crippen LogP) is 11.1. The molecule has 10 aromatic rings. The molecule has 0 aliphatic rings. The Kier molecular flexibility index (Phi) is 4.87. The Hall–Kier alpha value is -5.58. The summed E-state index contributed by atoms with van der Waals surface area (Å²) < 4.78 is 4.97. The van der Waals surface area contributed by atoms with Gasteiger partial charge in [-0.1, -0.05) is 97.1 Å². The molecule has 204 valence electrons. The first-order chi connectivity index (χ1) is 21.8. The maximum Gasteiger partial charge on any atom is 0.165 e. The number of fused-ring (bicyclic) bond motifs is 10. The van der Waals surface area contributed by atoms with Crippen molar-refractivity contribution in [1.29, 1.82) is 0 Å². The highest BCUT2D eigenvalue weighted by atomic mass is 32.1. The first-order valence-electron chi connectivity index (χ1n) is 14.8. The van der Waals surface area contributed by atoms with Gasteiger partial charge in [0.05, 0.1) is 22.1 Å². The second kappa shape index (κ2) is 8.96. The van der Waals surface area contributed by atoms with Crippen LogP contribution in [-0.2, 0) is 0 Å². The van der Waals surface area contributed by atoms with Gasteiger partial charge < -0.3 is 0 Å². The van der Waals surface area contributed by atoms with Gasteiger partial charge in [-0.15, -0.1) is 11.3 Å². The number of benzene rings is 7. The summed E-state index contributed by atoms with van der Waals surface area (Å²) in [5.74, 6) is 0.839. The molecule has 0 radical (unpaired) electrons. The molecular formula is C40H23N3S. The van der Waals surface area contributed by atoms with E-state index in [9.17, 15) is 0 Å². The number of nitrogens with zero attached hydrogens (tertiary/aromatic N) is 3. The van der Waals surface area contributed by atoms with E-state index in [0.29, 0.717) is 0 Å². The van der Waals surface area contributed by atoms with Gasteiger partial charge in [0.2, 0.25) is 0 Å². The maximum atomic E-state index is 5.41. The van der Waals surface area contributed by atoms with Gasteiger partial charge >= 0.3 is 0 Å². The topological polar surface area (TPSA) is 30.7 Å². The minimum absolute atomic E-state index is 0.839. The van der Waals surface area contributed by atoms with E-state index >= 15 is 0 Å². The molecule has 0 unspecified atom stereocenters. The molecule has 7 aromatic carbocycles. The third kappa shape index (κ3) is 3.37. The highest BCUT2D eigenvalue weighted by Gasteiger charge is 2.20. The average Bonchev–Trinajstić information content (AvgIpc) is 3.60. The quantitative estimate of drug-likeness (QED) is 0.191. The van der Waals surface area contributed by atoms with Crippen LogP contribution in [0.2, 0.25) is 0 Å². The van der Waals surface area contributed by atoms with Crippen molar-refractivity contribution in [2.75, 3.05) is 0 Å². The summed E-state index contributed by atoms with van der Waals surface area (Å²) in [6.07, 6.45) is 0. The van der Waals surface area contributed by atoms with Crippen LogP contribution in [0.3, 0.4) is 0 Å². The Morgan fingerprint density at radius 2 is 1.18 bits per heavy atom. The summed E-state index contributed by atoms with van der Waals surface area (Å²) in [4.78, 5) is 10.8. The van der Waals surface area contributed by atoms with Crippen molar-refractivity contribution < 1.29 is 0 Å². The molecule has 10 rings (SSSR count). The molecular weight excluding hydrogens is 555 g/mol. The Labute approximate surface area is 256 Å². The number of aromatic nitrogens is 3. The van der Waals surface area contributed by atoms with Crippen LogP contribution >= 0.6 is 11.3 Å². The highest BCUT2D eigenvalue weighted by molar-refractivity contribution is 7.25. The zero-order chi connectivity index (χ0) is 28.8. The molecule has 0 saturated carbocycles. The number of hydrogen-bond acceptors (Lipinski definition) is 3. The minimum Gasteiger partial charge on any atom is -0.292 e. The molecule has 44 heavy (non-hydrogen) atoms. The van der Waals surface area contributed by atoms with E-state index in [-0.39, 0.29) is 0 Å². The van der Waals surface area contributed by atoms with Crippen molar-refractivity contribution in [1.82, 2.24) is 14.5 Å². The molecule has 0 N–H and O–H groups in total. The minimum atomic E-state index is 0.839. The summed E-state index contributed by atoms with van der Waals surface area (Å²) in [6, 6.07) is 49.9. The van der Waals surface area contributed by atoms with Crippen LogP contribution in [-0.4, -0.2) is 14.5 Å². The molecule has 0 bridgehead atoms. The number of hydrogen-bond donors (Lipinski definition) is 0. The molecule has 3 aromatic heterocycles. The molecule has 0 amide bonds. The molecule has 0 aliphatic carbocycles. The van der Waals surface area contributed by atoms with Crippen molar-refractivity contribution in [2.24, 2.45) is 0 Å². The third-order valence-corrected chi connectivity index (χ3v) is 10.1. The van der Waals surface area contributed by atoms with Gasteiger partial charge in [0.15, 0.2) is 5.82 Å². The molecule has 3 heterocycles. The average molecular weight is 578 g/mol. The van der Waals surface area contributed by atoms with E-state index in [2.05, 4.69) is 144 Å². The van der Waals surface area contributed by atoms with E-state index in [1.165, 1.54) is 41.7 Å². The number of thiophene rings is 1. The zero-order valence-corrected chi connectivity index (χ0v) is 24.3. The van der Waals surface area contributed by atoms with Crippen LogP contribution in [0.25, 0.3) is 91.6 Å². The van der Waals surface area contributed by atoms with Gasteiger partial charge in [-0.05, 0) is 58.6 Å². The molecule has 0 saturated heterocycles. The fourth-order valence-corrected chi connectivity index (χ4v) is 8.03. The Balaban J connectivity index is 1.35. The van der Waals surface area contributed by atoms with Crippen molar-refractivity contribution in [2.45, 2.75) is 0 Å². The number of para-hydroxylation sites is 1. The van der Waals surface area contributed by atoms with Gasteiger partial charge in [-0.25, -0.2) is 9.97 Å². The van der Waals surface area contributed by atoms with Gasteiger partial charge in [-0.2, -0.15) is 0 Å². The van der Waals surface area contributed by atoms with E-state index < -0.39 is 0 Å². The largest absolute Gasteiger partial charge is 0.292 e. The van der Waals surface area contributed by atoms with Crippen molar-refractivity contribution in [3.63, 3.8) is 0 Å². The summed E-state index contributed by atoms with van der Waals surface area (Å²) >= 11 is 1.87. The van der Waals surface area contributed by atoms with E-state index in [4.69, 9.17) is 9.97 Å². The van der Waals surface area contributed by atoms with Gasteiger partial charge in [-0.3, -0.25) is 4.57 Å². The fourth-order valence-electron chi connectivity index (χ4n) is 6.89. The van der Waals surface area contributed by atoms with Crippen molar-refractivity contribution >= 4 is 85.9 Å². The van der Waals surface area contributed by atoms with Crippen molar-refractivity contribution in [3.8, 4) is 17.1 Å². The number of rotatable bonds is 2. The molecule has 0 aliphatic heterocycles. The summed E-state index contributed by atoms with van der Waals surface area (Å²) in [7, 11) is 0. The van der Waals surface area contributed by atoms with Crippen LogP contribution in [0.5, 0.6) is 0 Å². The normalized spacial score (nSPS) is 12.1. The van der Waals surface area contributed by atoms with E-state index in [1.807, 2.05) is 11.3 Å². The Morgan fingerprint density at radius 3 is 2.09 bits per heavy atom. The zero-order valence-electron chi connectivity index (χ0n) is 23.5. The van der Waals surface area contributed by atoms with Crippen LogP contribution in [0.4, 0.5) is 0 Å². The third-order valence-electron chi connectivity index (χ3n) is 8.93. The van der Waals surface area contributed by atoms with Crippen LogP contribution < -0.4 is 0 Å². The Bertz CT molecular complexity index is 2770. The first-order valence-corrected chi connectivity index (χ1v) is 15.7. The summed E-state index contributed by atoms with van der Waals surface area (Å²) in [5, 5.41) is 9.79. The second-order valence-electron chi connectivity index (χ2n) is 11.4. The monoisotopic (exact) mass is 577 g/mol. The summed E-state index contributed by atoms with van der Waals surface area (Å²) in [6.45, 7) is 0. The highest BCUT2D eigenvalue weighted by Crippen LogP contribution is 2.41. The van der Waals surface area contributed by atoms with Gasteiger partial charge in [0.1, 0.15) is 5.69 Å². The SMILES string of the molecule is c1ccc(-c2nc3c(ccc4ccccc43)nc2-n2c3ccccc3c3cc4cc5sc6ccccc6c5cc4cc32)cc1. The lowest BCUT2D eigenvalue weighted by molar-refractivity contribution is 1.08. The van der Waals surface area contributed by atoms with E-state index in [1.54, 1.807) is 0 Å². The lowest BCUT2D eigenvalue weighted by Gasteiger charge is -2.15. The predicted molar refractivity (Wildman–Crippen MR) is 187 cm³/mol. The summed E-state index contributed by atoms with van der Waals surface area (Å²) in [5.41, 5.74) is 5.97. The maximum absolute atomic E-state index is 5.41. The lowest BCUT2D eigenvalue weighted by Crippen LogP contribution is -2.04. The standard InChI is InChI=1S/C40H23N3S/c1-2-11-25(12-3-1)38-40(41-33-19-18-24-10-4-5-13-28(24)39(33)42-38)43-34-16-8-6-14-29(34)31-20-27-23-37-32(21-26(27)22-35(31)43)30-15-7-9-17-36(30)44-37/h1-23H. The van der Waals surface area contributed by atoms with Crippen LogP contribution in [0.15, 0.2) is 140 Å². The molecule has 0 atom stereocenters. The van der Waals surface area contributed by atoms with Crippen molar-refractivity contribution in [3.05, 3.63) is 140 Å². The van der Waals surface area contributed by atoms with Gasteiger partial charge in [0.25, 0.3) is 0 Å². The lowest BCUT2D eigenvalue weighted by atomic mass is 10.0. The molecule has 3 nitrogen and oxygen atoms in total. The van der Waals surface area contributed by atoms with Crippen LogP contribution in [0.1, 0.15) is 0 Å². The smallest absolute Gasteiger partial charge is 0.165 e. The van der Waals surface area contributed by atoms with E-state index in [0.717, 1.165) is 49.9 Å². The first kappa shape index (κ1) is 23.9.